The highest BCUT2D eigenvalue weighted by Gasteiger charge is 2.35. The minimum absolute atomic E-state index is 0.0831. The van der Waals surface area contributed by atoms with Crippen molar-refractivity contribution in [3.63, 3.8) is 0 Å². The molecule has 7 heteroatoms. The number of benzene rings is 2. The van der Waals surface area contributed by atoms with E-state index in [2.05, 4.69) is 5.32 Å². The molecule has 1 fully saturated rings. The van der Waals surface area contributed by atoms with Crippen LogP contribution in [-0.4, -0.2) is 50.0 Å². The van der Waals surface area contributed by atoms with Crippen molar-refractivity contribution in [1.82, 2.24) is 4.90 Å². The molecule has 1 atom stereocenters. The lowest BCUT2D eigenvalue weighted by Crippen LogP contribution is -3.16. The third-order valence-corrected chi connectivity index (χ3v) is 5.57. The molecule has 31 heavy (non-hydrogen) atoms. The molecule has 1 aliphatic heterocycles. The molecule has 7 nitrogen and oxygen atoms in total. The van der Waals surface area contributed by atoms with Gasteiger partial charge in [-0.05, 0) is 24.3 Å². The van der Waals surface area contributed by atoms with Crippen molar-refractivity contribution >= 4 is 17.5 Å². The van der Waals surface area contributed by atoms with Crippen molar-refractivity contribution in [3.8, 4) is 5.75 Å². The van der Waals surface area contributed by atoms with Crippen LogP contribution < -0.4 is 15.0 Å². The van der Waals surface area contributed by atoms with Gasteiger partial charge in [-0.3, -0.25) is 9.59 Å². The molecule has 1 aromatic heterocycles. The molecule has 2 N–H and O–H groups in total. The van der Waals surface area contributed by atoms with Gasteiger partial charge in [0.15, 0.2) is 11.8 Å². The second-order valence-electron chi connectivity index (χ2n) is 7.49. The quantitative estimate of drug-likeness (QED) is 0.640. The van der Waals surface area contributed by atoms with Crippen LogP contribution in [-0.2, 0) is 4.79 Å². The number of methoxy groups -OCH3 is 1. The van der Waals surface area contributed by atoms with Crippen LogP contribution in [0.2, 0.25) is 0 Å². The smallest absolute Gasteiger partial charge is 0.289 e. The Hall–Kier alpha value is -3.58. The predicted octanol–water partition coefficient (Wildman–Crippen LogP) is 2.01. The lowest BCUT2D eigenvalue weighted by Gasteiger charge is -2.35. The summed E-state index contributed by atoms with van der Waals surface area (Å²) in [5.41, 5.74) is 1.64. The Labute approximate surface area is 181 Å². The van der Waals surface area contributed by atoms with E-state index in [1.54, 1.807) is 30.2 Å². The molecule has 3 aromatic rings. The van der Waals surface area contributed by atoms with Crippen molar-refractivity contribution < 1.29 is 23.6 Å². The van der Waals surface area contributed by atoms with E-state index >= 15 is 0 Å². The Morgan fingerprint density at radius 3 is 2.48 bits per heavy atom. The fourth-order valence-electron chi connectivity index (χ4n) is 3.97. The lowest BCUT2D eigenvalue weighted by molar-refractivity contribution is -0.925. The van der Waals surface area contributed by atoms with Gasteiger partial charge < -0.3 is 24.3 Å². The molecule has 0 aliphatic carbocycles. The minimum atomic E-state index is -0.381. The number of carbonyl (C=O) groups excluding carboxylic acids is 2. The number of ether oxygens (including phenoxy) is 1. The molecular weight excluding hydrogens is 394 g/mol. The molecule has 1 aliphatic rings. The third-order valence-electron chi connectivity index (χ3n) is 5.57. The molecule has 0 bridgehead atoms. The fraction of sp³-hybridized carbons (Fsp3) is 0.250. The Morgan fingerprint density at radius 1 is 1.03 bits per heavy atom. The zero-order chi connectivity index (χ0) is 21.6. The maximum absolute atomic E-state index is 13.3. The van der Waals surface area contributed by atoms with Gasteiger partial charge in [-0.1, -0.05) is 36.4 Å². The van der Waals surface area contributed by atoms with Crippen LogP contribution in [0.4, 0.5) is 5.69 Å². The van der Waals surface area contributed by atoms with E-state index in [0.29, 0.717) is 43.4 Å². The summed E-state index contributed by atoms with van der Waals surface area (Å²) in [6.45, 7) is 2.45. The van der Waals surface area contributed by atoms with Crippen molar-refractivity contribution in [1.29, 1.82) is 0 Å². The molecule has 0 radical (unpaired) electrons. The van der Waals surface area contributed by atoms with E-state index in [1.165, 1.54) is 6.26 Å². The first kappa shape index (κ1) is 20.7. The van der Waals surface area contributed by atoms with E-state index < -0.39 is 0 Å². The van der Waals surface area contributed by atoms with Gasteiger partial charge in [-0.25, -0.2) is 0 Å². The number of quaternary nitrogens is 1. The highest BCUT2D eigenvalue weighted by molar-refractivity contribution is 5.95. The number of nitrogens with zero attached hydrogens (tertiary/aromatic N) is 1. The zero-order valence-electron chi connectivity index (χ0n) is 17.4. The van der Waals surface area contributed by atoms with Crippen LogP contribution in [0.25, 0.3) is 0 Å². The number of anilines is 1. The average Bonchev–Trinajstić information content (AvgIpc) is 3.35. The van der Waals surface area contributed by atoms with Crippen LogP contribution in [0.1, 0.15) is 22.2 Å². The van der Waals surface area contributed by atoms with Gasteiger partial charge in [0, 0.05) is 17.3 Å². The predicted molar refractivity (Wildman–Crippen MR) is 116 cm³/mol. The van der Waals surface area contributed by atoms with Gasteiger partial charge in [0.1, 0.15) is 5.75 Å². The van der Waals surface area contributed by atoms with Gasteiger partial charge in [-0.2, -0.15) is 0 Å². The molecule has 0 saturated carbocycles. The summed E-state index contributed by atoms with van der Waals surface area (Å²) in [7, 11) is 1.60. The van der Waals surface area contributed by atoms with Crippen LogP contribution in [0.5, 0.6) is 5.75 Å². The maximum atomic E-state index is 13.3. The van der Waals surface area contributed by atoms with Crippen molar-refractivity contribution in [2.45, 2.75) is 6.04 Å². The van der Waals surface area contributed by atoms with Crippen LogP contribution in [0.15, 0.2) is 77.4 Å². The number of hydrogen-bond acceptors (Lipinski definition) is 4. The van der Waals surface area contributed by atoms with Crippen LogP contribution in [0, 0.1) is 0 Å². The Balaban J connectivity index is 1.49. The second kappa shape index (κ2) is 9.49. The van der Waals surface area contributed by atoms with Crippen molar-refractivity contribution in [2.24, 2.45) is 0 Å². The molecule has 0 spiro atoms. The van der Waals surface area contributed by atoms with Crippen LogP contribution >= 0.6 is 0 Å². The summed E-state index contributed by atoms with van der Waals surface area (Å²) in [4.78, 5) is 28.8. The lowest BCUT2D eigenvalue weighted by atomic mass is 10.0. The van der Waals surface area contributed by atoms with Gasteiger partial charge in [-0.15, -0.1) is 0 Å². The average molecular weight is 420 g/mol. The summed E-state index contributed by atoms with van der Waals surface area (Å²) < 4.78 is 10.5. The van der Waals surface area contributed by atoms with Crippen molar-refractivity contribution in [2.75, 3.05) is 38.6 Å². The highest BCUT2D eigenvalue weighted by atomic mass is 16.5. The minimum Gasteiger partial charge on any atom is -0.497 e. The summed E-state index contributed by atoms with van der Waals surface area (Å²) >= 11 is 0. The fourth-order valence-corrected chi connectivity index (χ4v) is 3.97. The summed E-state index contributed by atoms with van der Waals surface area (Å²) in [5.74, 6) is 0.840. The first-order valence-electron chi connectivity index (χ1n) is 10.3. The molecule has 0 unspecified atom stereocenters. The van der Waals surface area contributed by atoms with E-state index in [4.69, 9.17) is 9.15 Å². The number of amides is 2. The maximum Gasteiger partial charge on any atom is 0.289 e. The largest absolute Gasteiger partial charge is 0.497 e. The van der Waals surface area contributed by atoms with E-state index in [-0.39, 0.29) is 17.9 Å². The second-order valence-corrected chi connectivity index (χ2v) is 7.49. The first-order valence-corrected chi connectivity index (χ1v) is 10.3. The number of hydrogen-bond donors (Lipinski definition) is 2. The molecule has 4 rings (SSSR count). The van der Waals surface area contributed by atoms with E-state index in [9.17, 15) is 9.59 Å². The summed E-state index contributed by atoms with van der Waals surface area (Å²) in [6, 6.07) is 20.1. The molecule has 2 amide bonds. The standard InChI is InChI=1S/C24H25N3O4/c1-30-20-10-5-9-19(17-20)25-23(28)22(18-7-3-2-4-8-18)26-12-14-27(15-13-26)24(29)21-11-6-16-31-21/h2-11,16-17,22H,12-15H2,1H3,(H,25,28)/p+1/t22-/m0/s1. The summed E-state index contributed by atoms with van der Waals surface area (Å²) in [5, 5.41) is 3.03. The Bertz CT molecular complexity index is 1010. The number of carbonyl (C=O) groups is 2. The summed E-state index contributed by atoms with van der Waals surface area (Å²) in [6.07, 6.45) is 1.50. The monoisotopic (exact) mass is 420 g/mol. The normalized spacial score (nSPS) is 15.3. The molecular formula is C24H26N3O4+. The Morgan fingerprint density at radius 2 is 1.81 bits per heavy atom. The topological polar surface area (TPSA) is 76.2 Å². The molecule has 1 saturated heterocycles. The van der Waals surface area contributed by atoms with E-state index in [0.717, 1.165) is 10.5 Å². The number of piperazine rings is 1. The van der Waals surface area contributed by atoms with Gasteiger partial charge in [0.2, 0.25) is 0 Å². The van der Waals surface area contributed by atoms with E-state index in [1.807, 2.05) is 48.5 Å². The number of nitrogens with one attached hydrogen (secondary N) is 2. The SMILES string of the molecule is COc1cccc(NC(=O)[C@H](c2ccccc2)[NH+]2CCN(C(=O)c3ccco3)CC2)c1. The number of furan rings is 1. The highest BCUT2D eigenvalue weighted by Crippen LogP contribution is 2.19. The molecule has 2 heterocycles. The van der Waals surface area contributed by atoms with Gasteiger partial charge >= 0.3 is 0 Å². The van der Waals surface area contributed by atoms with Gasteiger partial charge in [0.05, 0.1) is 39.6 Å². The zero-order valence-corrected chi connectivity index (χ0v) is 17.4. The Kier molecular flexibility index (Phi) is 6.33. The van der Waals surface area contributed by atoms with Crippen LogP contribution in [0.3, 0.4) is 0 Å². The first-order chi connectivity index (χ1) is 15.2. The number of rotatable bonds is 6. The molecule has 160 valence electrons. The molecule has 2 aromatic carbocycles. The third kappa shape index (κ3) is 4.78. The van der Waals surface area contributed by atoms with Crippen molar-refractivity contribution in [3.05, 3.63) is 84.3 Å². The van der Waals surface area contributed by atoms with Gasteiger partial charge in [0.25, 0.3) is 11.8 Å².